The number of nitrogens with two attached hydrogens (primary N) is 1. The molecule has 2 N–H and O–H groups in total. The van der Waals surface area contributed by atoms with Crippen LogP contribution in [-0.2, 0) is 13.1 Å². The van der Waals surface area contributed by atoms with Gasteiger partial charge in [-0.15, -0.1) is 5.10 Å². The number of benzene rings is 1. The number of aromatic nitrogens is 3. The summed E-state index contributed by atoms with van der Waals surface area (Å²) in [6.07, 6.45) is 1.84. The van der Waals surface area contributed by atoms with Crippen molar-refractivity contribution in [3.63, 3.8) is 0 Å². The van der Waals surface area contributed by atoms with Gasteiger partial charge in [0.25, 0.3) is 0 Å². The van der Waals surface area contributed by atoms with E-state index in [4.69, 9.17) is 10.5 Å². The fraction of sp³-hybridized carbons (Fsp3) is 0.385. The zero-order valence-corrected chi connectivity index (χ0v) is 10.8. The Hall–Kier alpha value is -1.88. The lowest BCUT2D eigenvalue weighted by Gasteiger charge is -2.09. The number of rotatable bonds is 5. The summed E-state index contributed by atoms with van der Waals surface area (Å²) in [7, 11) is 0. The zero-order chi connectivity index (χ0) is 13.0. The Morgan fingerprint density at radius 2 is 2.17 bits per heavy atom. The van der Waals surface area contributed by atoms with Crippen molar-refractivity contribution in [3.05, 3.63) is 41.2 Å². The Balaban J connectivity index is 1.90. The summed E-state index contributed by atoms with van der Waals surface area (Å²) in [6, 6.07) is 6.18. The highest BCUT2D eigenvalue weighted by molar-refractivity contribution is 5.35. The molecule has 18 heavy (non-hydrogen) atoms. The van der Waals surface area contributed by atoms with Crippen molar-refractivity contribution < 1.29 is 4.74 Å². The van der Waals surface area contributed by atoms with Crippen molar-refractivity contribution in [3.8, 4) is 5.75 Å². The minimum absolute atomic E-state index is 0.415. The van der Waals surface area contributed by atoms with Crippen LogP contribution in [0.3, 0.4) is 0 Å². The van der Waals surface area contributed by atoms with Crippen molar-refractivity contribution in [1.29, 1.82) is 0 Å². The van der Waals surface area contributed by atoms with Gasteiger partial charge >= 0.3 is 0 Å². The van der Waals surface area contributed by atoms with Gasteiger partial charge in [0, 0.05) is 12.7 Å². The smallest absolute Gasteiger partial charge is 0.122 e. The first-order valence-corrected chi connectivity index (χ1v) is 5.98. The molecule has 5 heteroatoms. The van der Waals surface area contributed by atoms with Crippen molar-refractivity contribution in [2.24, 2.45) is 5.73 Å². The lowest BCUT2D eigenvalue weighted by molar-refractivity contribution is 0.288. The second-order valence-corrected chi connectivity index (χ2v) is 4.29. The predicted octanol–water partition coefficient (Wildman–Crippen LogP) is 1.43. The second-order valence-electron chi connectivity index (χ2n) is 4.29. The fourth-order valence-electron chi connectivity index (χ4n) is 1.65. The molecule has 0 amide bonds. The van der Waals surface area contributed by atoms with E-state index in [0.29, 0.717) is 19.7 Å². The molecule has 0 atom stereocenters. The van der Waals surface area contributed by atoms with Gasteiger partial charge in [-0.25, -0.2) is 4.68 Å². The molecule has 2 rings (SSSR count). The molecule has 1 aromatic heterocycles. The Labute approximate surface area is 107 Å². The summed E-state index contributed by atoms with van der Waals surface area (Å²) >= 11 is 0. The van der Waals surface area contributed by atoms with Gasteiger partial charge in [0.05, 0.1) is 12.2 Å². The number of hydrogen-bond acceptors (Lipinski definition) is 4. The number of aryl methyl sites for hydroxylation is 2. The summed E-state index contributed by atoms with van der Waals surface area (Å²) in [4.78, 5) is 0. The third-order valence-electron chi connectivity index (χ3n) is 2.72. The van der Waals surface area contributed by atoms with E-state index in [0.717, 1.165) is 17.0 Å². The Morgan fingerprint density at radius 3 is 2.89 bits per heavy atom. The molecule has 5 nitrogen and oxygen atoms in total. The molecule has 0 bridgehead atoms. The van der Waals surface area contributed by atoms with Gasteiger partial charge in [-0.1, -0.05) is 17.3 Å². The van der Waals surface area contributed by atoms with Gasteiger partial charge < -0.3 is 10.5 Å². The fourth-order valence-corrected chi connectivity index (χ4v) is 1.65. The molecule has 0 aliphatic rings. The van der Waals surface area contributed by atoms with Crippen LogP contribution in [0, 0.1) is 13.8 Å². The first-order valence-electron chi connectivity index (χ1n) is 5.98. The number of nitrogens with zero attached hydrogens (tertiary/aromatic N) is 3. The quantitative estimate of drug-likeness (QED) is 0.866. The van der Waals surface area contributed by atoms with Crippen LogP contribution in [0.5, 0.6) is 5.75 Å². The van der Waals surface area contributed by atoms with Crippen LogP contribution in [-0.4, -0.2) is 21.6 Å². The van der Waals surface area contributed by atoms with Crippen molar-refractivity contribution in [2.45, 2.75) is 26.9 Å². The minimum atomic E-state index is 0.415. The standard InChI is InChI=1S/C13H18N4O/c1-10-3-4-11(2)13(7-10)18-6-5-17-9-12(8-14)15-16-17/h3-4,7,9H,5-6,8,14H2,1-2H3. The molecule has 2 aromatic rings. The zero-order valence-electron chi connectivity index (χ0n) is 10.8. The highest BCUT2D eigenvalue weighted by atomic mass is 16.5. The Kier molecular flexibility index (Phi) is 3.94. The number of hydrogen-bond donors (Lipinski definition) is 1. The maximum Gasteiger partial charge on any atom is 0.122 e. The van der Waals surface area contributed by atoms with E-state index in [2.05, 4.69) is 29.4 Å². The lowest BCUT2D eigenvalue weighted by Crippen LogP contribution is -2.09. The van der Waals surface area contributed by atoms with E-state index >= 15 is 0 Å². The molecule has 0 aliphatic carbocycles. The van der Waals surface area contributed by atoms with Gasteiger partial charge in [0.1, 0.15) is 12.4 Å². The molecular formula is C13H18N4O. The summed E-state index contributed by atoms with van der Waals surface area (Å²) in [5.74, 6) is 0.925. The van der Waals surface area contributed by atoms with Crippen LogP contribution in [0.25, 0.3) is 0 Å². The summed E-state index contributed by atoms with van der Waals surface area (Å²) < 4.78 is 7.49. The van der Waals surface area contributed by atoms with Crippen LogP contribution in [0.4, 0.5) is 0 Å². The van der Waals surface area contributed by atoms with E-state index in [9.17, 15) is 0 Å². The Morgan fingerprint density at radius 1 is 1.33 bits per heavy atom. The second kappa shape index (κ2) is 5.64. The SMILES string of the molecule is Cc1ccc(C)c(OCCn2cc(CN)nn2)c1. The van der Waals surface area contributed by atoms with Crippen LogP contribution in [0.2, 0.25) is 0 Å². The largest absolute Gasteiger partial charge is 0.491 e. The average molecular weight is 246 g/mol. The first kappa shape index (κ1) is 12.6. The van der Waals surface area contributed by atoms with Gasteiger partial charge in [-0.2, -0.15) is 0 Å². The Bertz CT molecular complexity index is 521. The molecule has 0 fully saturated rings. The van der Waals surface area contributed by atoms with E-state index in [1.807, 2.05) is 19.2 Å². The lowest BCUT2D eigenvalue weighted by atomic mass is 10.1. The normalized spacial score (nSPS) is 10.6. The molecule has 96 valence electrons. The third kappa shape index (κ3) is 3.07. The van der Waals surface area contributed by atoms with Crippen molar-refractivity contribution in [1.82, 2.24) is 15.0 Å². The highest BCUT2D eigenvalue weighted by Gasteiger charge is 2.01. The summed E-state index contributed by atoms with van der Waals surface area (Å²) in [5.41, 5.74) is 8.60. The molecule has 0 spiro atoms. The maximum atomic E-state index is 5.74. The molecule has 1 aromatic carbocycles. The maximum absolute atomic E-state index is 5.74. The van der Waals surface area contributed by atoms with Crippen LogP contribution in [0.15, 0.2) is 24.4 Å². The van der Waals surface area contributed by atoms with Gasteiger partial charge in [0.2, 0.25) is 0 Å². The van der Waals surface area contributed by atoms with E-state index in [1.165, 1.54) is 5.56 Å². The van der Waals surface area contributed by atoms with Crippen molar-refractivity contribution >= 4 is 0 Å². The molecule has 0 radical (unpaired) electrons. The molecular weight excluding hydrogens is 228 g/mol. The summed E-state index contributed by atoms with van der Waals surface area (Å²) in [6.45, 7) is 5.74. The molecule has 0 saturated carbocycles. The van der Waals surface area contributed by atoms with Gasteiger partial charge in [-0.05, 0) is 31.0 Å². The third-order valence-corrected chi connectivity index (χ3v) is 2.72. The van der Waals surface area contributed by atoms with Crippen LogP contribution in [0.1, 0.15) is 16.8 Å². The van der Waals surface area contributed by atoms with E-state index in [1.54, 1.807) is 4.68 Å². The van der Waals surface area contributed by atoms with E-state index < -0.39 is 0 Å². The van der Waals surface area contributed by atoms with E-state index in [-0.39, 0.29) is 0 Å². The molecule has 0 saturated heterocycles. The monoisotopic (exact) mass is 246 g/mol. The van der Waals surface area contributed by atoms with Gasteiger partial charge in [0.15, 0.2) is 0 Å². The molecule has 0 unspecified atom stereocenters. The predicted molar refractivity (Wildman–Crippen MR) is 69.3 cm³/mol. The van der Waals surface area contributed by atoms with Crippen LogP contribution < -0.4 is 10.5 Å². The summed E-state index contributed by atoms with van der Waals surface area (Å²) in [5, 5.41) is 7.89. The van der Waals surface area contributed by atoms with Gasteiger partial charge in [-0.3, -0.25) is 0 Å². The topological polar surface area (TPSA) is 66.0 Å². The molecule has 1 heterocycles. The number of ether oxygens (including phenoxy) is 1. The van der Waals surface area contributed by atoms with Crippen molar-refractivity contribution in [2.75, 3.05) is 6.61 Å². The van der Waals surface area contributed by atoms with Crippen LogP contribution >= 0.6 is 0 Å². The minimum Gasteiger partial charge on any atom is -0.491 e. The first-order chi connectivity index (χ1) is 8.69. The highest BCUT2D eigenvalue weighted by Crippen LogP contribution is 2.18. The average Bonchev–Trinajstić information content (AvgIpc) is 2.81. The molecule has 0 aliphatic heterocycles.